The summed E-state index contributed by atoms with van der Waals surface area (Å²) in [7, 11) is -3.64. The van der Waals surface area contributed by atoms with E-state index in [4.69, 9.17) is 14.3 Å². The molecule has 2 aliphatic rings. The highest BCUT2D eigenvalue weighted by molar-refractivity contribution is 7.92. The first-order valence-electron chi connectivity index (χ1n) is 11.3. The zero-order chi connectivity index (χ0) is 23.2. The van der Waals surface area contributed by atoms with E-state index in [2.05, 4.69) is 10.8 Å². The second-order valence-electron chi connectivity index (χ2n) is 8.37. The molecule has 0 bridgehead atoms. The topological polar surface area (TPSA) is 103 Å². The van der Waals surface area contributed by atoms with E-state index in [-0.39, 0.29) is 18.6 Å². The van der Waals surface area contributed by atoms with Crippen molar-refractivity contribution in [2.45, 2.75) is 43.1 Å². The molecule has 4 rings (SSSR count). The van der Waals surface area contributed by atoms with Gasteiger partial charge in [0.1, 0.15) is 16.2 Å². The Kier molecular flexibility index (Phi) is 7.64. The van der Waals surface area contributed by atoms with Crippen LogP contribution >= 0.6 is 0 Å². The van der Waals surface area contributed by atoms with Crippen molar-refractivity contribution < 1.29 is 27.5 Å². The minimum atomic E-state index is -3.64. The largest absolute Gasteiger partial charge is 0.457 e. The molecule has 2 fully saturated rings. The number of nitrogens with one attached hydrogen (secondary N) is 2. The van der Waals surface area contributed by atoms with Gasteiger partial charge in [-0.3, -0.25) is 4.79 Å². The zero-order valence-corrected chi connectivity index (χ0v) is 19.3. The molecule has 2 unspecified atom stereocenters. The van der Waals surface area contributed by atoms with Gasteiger partial charge in [0.05, 0.1) is 12.2 Å². The maximum atomic E-state index is 13.4. The van der Waals surface area contributed by atoms with Crippen LogP contribution in [0.3, 0.4) is 0 Å². The summed E-state index contributed by atoms with van der Waals surface area (Å²) < 4.78 is 36.8. The summed E-state index contributed by atoms with van der Waals surface area (Å²) in [6, 6.07) is 16.3. The number of rotatable bonds is 7. The van der Waals surface area contributed by atoms with Crippen molar-refractivity contribution in [2.24, 2.45) is 0 Å². The molecule has 1 amide bonds. The maximum Gasteiger partial charge on any atom is 0.245 e. The smallest absolute Gasteiger partial charge is 0.245 e. The Bertz CT molecular complexity index is 1020. The van der Waals surface area contributed by atoms with Gasteiger partial charge < -0.3 is 14.8 Å². The van der Waals surface area contributed by atoms with Crippen molar-refractivity contribution in [3.63, 3.8) is 0 Å². The number of benzene rings is 2. The van der Waals surface area contributed by atoms with Gasteiger partial charge in [-0.25, -0.2) is 18.7 Å². The first-order valence-corrected chi connectivity index (χ1v) is 13.0. The Morgan fingerprint density at radius 2 is 1.82 bits per heavy atom. The number of hydrogen-bond donors (Lipinski definition) is 2. The first kappa shape index (κ1) is 23.7. The normalized spacial score (nSPS) is 25.0. The van der Waals surface area contributed by atoms with E-state index in [1.54, 1.807) is 24.3 Å². The van der Waals surface area contributed by atoms with Crippen LogP contribution < -0.4 is 15.5 Å². The summed E-state index contributed by atoms with van der Waals surface area (Å²) in [5, 5.41) is 3.14. The van der Waals surface area contributed by atoms with E-state index in [1.807, 2.05) is 30.3 Å². The van der Waals surface area contributed by atoms with Crippen LogP contribution in [-0.2, 0) is 29.0 Å². The fourth-order valence-corrected chi connectivity index (χ4v) is 6.34. The predicted molar refractivity (Wildman–Crippen MR) is 123 cm³/mol. The van der Waals surface area contributed by atoms with Gasteiger partial charge in [-0.2, -0.15) is 0 Å². The van der Waals surface area contributed by atoms with Gasteiger partial charge in [0, 0.05) is 19.6 Å². The van der Waals surface area contributed by atoms with Crippen LogP contribution in [-0.4, -0.2) is 46.1 Å². The number of hydrogen-bond acceptors (Lipinski definition) is 7. The van der Waals surface area contributed by atoms with Gasteiger partial charge in [-0.1, -0.05) is 30.3 Å². The lowest BCUT2D eigenvalue weighted by Gasteiger charge is -2.32. The van der Waals surface area contributed by atoms with Crippen molar-refractivity contribution in [1.29, 1.82) is 0 Å². The van der Waals surface area contributed by atoms with Crippen LogP contribution in [0.5, 0.6) is 11.5 Å². The molecule has 9 heteroatoms. The molecule has 0 saturated carbocycles. The van der Waals surface area contributed by atoms with Crippen LogP contribution in [0, 0.1) is 0 Å². The van der Waals surface area contributed by atoms with Crippen molar-refractivity contribution >= 4 is 15.7 Å². The molecule has 0 radical (unpaired) electrons. The molecular weight excluding hydrogens is 444 g/mol. The lowest BCUT2D eigenvalue weighted by atomic mass is 9.90. The molecular formula is C24H30N2O6S. The zero-order valence-electron chi connectivity index (χ0n) is 18.5. The summed E-state index contributed by atoms with van der Waals surface area (Å²) in [5.41, 5.74) is 2.99. The fraction of sp³-hybridized carbons (Fsp3) is 0.458. The number of amides is 1. The average Bonchev–Trinajstić information content (AvgIpc) is 2.98. The van der Waals surface area contributed by atoms with Gasteiger partial charge in [-0.05, 0) is 55.6 Å². The standard InChI is InChI=1S/C24H30N2O6S/c27-22(26-32-23-8-4-5-16-30-23)18-24(13-14-25-15-17-33(24,28)29)19-9-11-21(12-10-19)31-20-6-2-1-3-7-20/h1-3,6-7,9-12,23,25H,4-5,8,13-18H2,(H,26,27). The number of ether oxygens (including phenoxy) is 2. The minimum Gasteiger partial charge on any atom is -0.457 e. The molecule has 0 spiro atoms. The number of sulfone groups is 1. The van der Waals surface area contributed by atoms with Gasteiger partial charge >= 0.3 is 0 Å². The molecule has 8 nitrogen and oxygen atoms in total. The third kappa shape index (κ3) is 5.73. The van der Waals surface area contributed by atoms with Crippen LogP contribution in [0.25, 0.3) is 0 Å². The van der Waals surface area contributed by atoms with Crippen molar-refractivity contribution in [1.82, 2.24) is 10.8 Å². The van der Waals surface area contributed by atoms with Crippen LogP contribution in [0.4, 0.5) is 0 Å². The molecule has 33 heavy (non-hydrogen) atoms. The predicted octanol–water partition coefficient (Wildman–Crippen LogP) is 3.05. The second kappa shape index (κ2) is 10.6. The average molecular weight is 475 g/mol. The number of carbonyl (C=O) groups excluding carboxylic acids is 1. The molecule has 0 aliphatic carbocycles. The highest BCUT2D eigenvalue weighted by Gasteiger charge is 2.47. The Morgan fingerprint density at radius 3 is 2.55 bits per heavy atom. The third-order valence-corrected chi connectivity index (χ3v) is 8.61. The van der Waals surface area contributed by atoms with Crippen LogP contribution in [0.2, 0.25) is 0 Å². The summed E-state index contributed by atoms with van der Waals surface area (Å²) in [6.45, 7) is 1.43. The summed E-state index contributed by atoms with van der Waals surface area (Å²) in [4.78, 5) is 18.2. The number of para-hydroxylation sites is 1. The van der Waals surface area contributed by atoms with E-state index in [1.165, 1.54) is 0 Å². The molecule has 2 atom stereocenters. The molecule has 2 N–H and O–H groups in total. The van der Waals surface area contributed by atoms with Crippen molar-refractivity contribution in [2.75, 3.05) is 25.4 Å². The van der Waals surface area contributed by atoms with E-state index >= 15 is 0 Å². The molecule has 2 aromatic carbocycles. The first-order chi connectivity index (χ1) is 16.0. The molecule has 2 heterocycles. The minimum absolute atomic E-state index is 0.0465. The second-order valence-corrected chi connectivity index (χ2v) is 10.8. The molecule has 0 aromatic heterocycles. The quantitative estimate of drug-likeness (QED) is 0.595. The molecule has 2 aliphatic heterocycles. The Hall–Kier alpha value is -2.46. The SMILES string of the molecule is O=C(CC1(c2ccc(Oc3ccccc3)cc2)CCNCCS1(=O)=O)NOC1CCCCO1. The highest BCUT2D eigenvalue weighted by atomic mass is 32.2. The molecule has 2 aromatic rings. The van der Waals surface area contributed by atoms with Gasteiger partial charge in [0.25, 0.3) is 0 Å². The monoisotopic (exact) mass is 474 g/mol. The van der Waals surface area contributed by atoms with Gasteiger partial charge in [-0.15, -0.1) is 0 Å². The fourth-order valence-electron chi connectivity index (χ4n) is 4.28. The number of carbonyl (C=O) groups is 1. The highest BCUT2D eigenvalue weighted by Crippen LogP contribution is 2.40. The van der Waals surface area contributed by atoms with E-state index in [0.29, 0.717) is 43.2 Å². The third-order valence-electron chi connectivity index (χ3n) is 6.10. The lowest BCUT2D eigenvalue weighted by molar-refractivity contribution is -0.200. The van der Waals surface area contributed by atoms with E-state index < -0.39 is 26.8 Å². The van der Waals surface area contributed by atoms with Gasteiger partial charge in [0.15, 0.2) is 16.1 Å². The van der Waals surface area contributed by atoms with Gasteiger partial charge in [0.2, 0.25) is 5.91 Å². The Balaban J connectivity index is 1.54. The maximum absolute atomic E-state index is 13.4. The summed E-state index contributed by atoms with van der Waals surface area (Å²) in [6.07, 6.45) is 2.16. The Morgan fingerprint density at radius 1 is 1.06 bits per heavy atom. The summed E-state index contributed by atoms with van der Waals surface area (Å²) >= 11 is 0. The van der Waals surface area contributed by atoms with Crippen LogP contribution in [0.15, 0.2) is 54.6 Å². The summed E-state index contributed by atoms with van der Waals surface area (Å²) in [5.74, 6) is 0.744. The molecule has 178 valence electrons. The van der Waals surface area contributed by atoms with E-state index in [0.717, 1.165) is 12.8 Å². The van der Waals surface area contributed by atoms with Crippen molar-refractivity contribution in [3.8, 4) is 11.5 Å². The van der Waals surface area contributed by atoms with E-state index in [9.17, 15) is 13.2 Å². The molecule has 2 saturated heterocycles. The van der Waals surface area contributed by atoms with Crippen LogP contribution in [0.1, 0.15) is 37.7 Å². The lowest BCUT2D eigenvalue weighted by Crippen LogP contribution is -2.43. The Labute approximate surface area is 194 Å². The van der Waals surface area contributed by atoms with Crippen molar-refractivity contribution in [3.05, 3.63) is 60.2 Å². The number of hydroxylamine groups is 1.